The average molecular weight is 492 g/mol. The van der Waals surface area contributed by atoms with Crippen LogP contribution in [0.4, 0.5) is 13.2 Å². The summed E-state index contributed by atoms with van der Waals surface area (Å²) in [7, 11) is 0. The fourth-order valence-corrected chi connectivity index (χ4v) is 5.95. The predicted molar refractivity (Wildman–Crippen MR) is 131 cm³/mol. The number of nitrogens with zero attached hydrogens (tertiary/aromatic N) is 1. The summed E-state index contributed by atoms with van der Waals surface area (Å²) in [6, 6.07) is 8.53. The zero-order valence-corrected chi connectivity index (χ0v) is 20.6. The van der Waals surface area contributed by atoms with E-state index in [0.717, 1.165) is 57.1 Å². The Bertz CT molecular complexity index is 1030. The highest BCUT2D eigenvalue weighted by molar-refractivity contribution is 5.89. The van der Waals surface area contributed by atoms with E-state index in [1.807, 2.05) is 6.07 Å². The minimum Gasteiger partial charge on any atom is -0.490 e. The van der Waals surface area contributed by atoms with Gasteiger partial charge < -0.3 is 9.84 Å². The molecular weight excluding hydrogens is 455 g/mol. The number of hydrogen-bond donors (Lipinski definition) is 1. The van der Waals surface area contributed by atoms with Crippen molar-refractivity contribution in [3.05, 3.63) is 41.5 Å². The SMILES string of the molecule is CCC(c1ccc2c(C(F)(F)F)c(OC3CCC(C)CC3)ccc2c1)N1CCC[C@H](CC(=O)O)C1. The maximum atomic E-state index is 14.2. The molecule has 1 unspecified atom stereocenters. The number of carboxylic acid groups (broad SMARTS) is 1. The third-order valence-corrected chi connectivity index (χ3v) is 7.77. The van der Waals surface area contributed by atoms with Crippen LogP contribution in [-0.4, -0.2) is 35.2 Å². The second-order valence-corrected chi connectivity index (χ2v) is 10.4. The number of halogens is 3. The molecule has 2 aliphatic rings. The maximum absolute atomic E-state index is 14.2. The van der Waals surface area contributed by atoms with E-state index in [1.165, 1.54) is 6.07 Å². The Balaban J connectivity index is 1.62. The summed E-state index contributed by atoms with van der Waals surface area (Å²) in [5, 5.41) is 9.91. The quantitative estimate of drug-likeness (QED) is 0.437. The molecule has 0 bridgehead atoms. The zero-order valence-electron chi connectivity index (χ0n) is 20.6. The molecule has 0 aromatic heterocycles. The van der Waals surface area contributed by atoms with Gasteiger partial charge in [0.05, 0.1) is 6.10 Å². The molecule has 192 valence electrons. The molecule has 4 nitrogen and oxygen atoms in total. The number of benzene rings is 2. The van der Waals surface area contributed by atoms with E-state index in [-0.39, 0.29) is 35.6 Å². The predicted octanol–water partition coefficient (Wildman–Crippen LogP) is 7.45. The molecule has 2 aromatic rings. The van der Waals surface area contributed by atoms with Gasteiger partial charge in [0.25, 0.3) is 0 Å². The normalized spacial score (nSPS) is 24.9. The van der Waals surface area contributed by atoms with Crippen LogP contribution in [0, 0.1) is 11.8 Å². The van der Waals surface area contributed by atoms with Gasteiger partial charge >= 0.3 is 12.1 Å². The summed E-state index contributed by atoms with van der Waals surface area (Å²) < 4.78 is 48.6. The van der Waals surface area contributed by atoms with Crippen molar-refractivity contribution in [1.82, 2.24) is 4.90 Å². The first-order chi connectivity index (χ1) is 16.7. The number of aliphatic carboxylic acids is 1. The lowest BCUT2D eigenvalue weighted by Gasteiger charge is -2.38. The Morgan fingerprint density at radius 2 is 1.89 bits per heavy atom. The van der Waals surface area contributed by atoms with E-state index in [4.69, 9.17) is 4.74 Å². The third-order valence-electron chi connectivity index (χ3n) is 7.77. The fraction of sp³-hybridized carbons (Fsp3) is 0.607. The monoisotopic (exact) mass is 491 g/mol. The van der Waals surface area contributed by atoms with E-state index in [2.05, 4.69) is 18.7 Å². The van der Waals surface area contributed by atoms with Gasteiger partial charge in [0.1, 0.15) is 11.3 Å². The minimum absolute atomic E-state index is 0.0467. The third kappa shape index (κ3) is 6.11. The molecule has 2 atom stereocenters. The lowest BCUT2D eigenvalue weighted by atomic mass is 9.89. The Morgan fingerprint density at radius 1 is 1.14 bits per heavy atom. The van der Waals surface area contributed by atoms with Gasteiger partial charge in [-0.25, -0.2) is 0 Å². The smallest absolute Gasteiger partial charge is 0.420 e. The van der Waals surface area contributed by atoms with Crippen LogP contribution in [0.2, 0.25) is 0 Å². The summed E-state index contributed by atoms with van der Waals surface area (Å²) in [6.45, 7) is 5.81. The van der Waals surface area contributed by atoms with Crippen LogP contribution in [0.3, 0.4) is 0 Å². The minimum atomic E-state index is -4.51. The van der Waals surface area contributed by atoms with Crippen LogP contribution in [-0.2, 0) is 11.0 Å². The number of piperidine rings is 1. The highest BCUT2D eigenvalue weighted by atomic mass is 19.4. The molecule has 1 saturated heterocycles. The highest BCUT2D eigenvalue weighted by Gasteiger charge is 2.37. The first-order valence-electron chi connectivity index (χ1n) is 12.9. The Hall–Kier alpha value is -2.28. The lowest BCUT2D eigenvalue weighted by Crippen LogP contribution is -2.38. The Labute approximate surface area is 205 Å². The molecule has 35 heavy (non-hydrogen) atoms. The standard InChI is InChI=1S/C28H36F3NO3/c1-3-24(32-14-4-5-19(17-32)15-26(33)34)21-8-12-23-20(16-21)9-13-25(27(23)28(29,30)31)35-22-10-6-18(2)7-11-22/h8-9,12-13,16,18-19,22,24H,3-7,10-11,14-15,17H2,1-2H3,(H,33,34)/t18?,19-,22?,24?/m1/s1. The molecule has 0 radical (unpaired) electrons. The second kappa shape index (κ2) is 10.8. The molecule has 2 fully saturated rings. The van der Waals surface area contributed by atoms with Crippen LogP contribution in [0.15, 0.2) is 30.3 Å². The molecule has 1 N–H and O–H groups in total. The summed E-state index contributed by atoms with van der Waals surface area (Å²) in [4.78, 5) is 13.5. The highest BCUT2D eigenvalue weighted by Crippen LogP contribution is 2.43. The zero-order chi connectivity index (χ0) is 25.2. The molecule has 1 saturated carbocycles. The van der Waals surface area contributed by atoms with Gasteiger partial charge in [0.15, 0.2) is 0 Å². The summed E-state index contributed by atoms with van der Waals surface area (Å²) in [5.41, 5.74) is 0.284. The maximum Gasteiger partial charge on any atom is 0.420 e. The van der Waals surface area contributed by atoms with Gasteiger partial charge in [-0.05, 0) is 91.8 Å². The molecule has 1 aliphatic carbocycles. The van der Waals surface area contributed by atoms with E-state index in [1.54, 1.807) is 18.2 Å². The Kier molecular flexibility index (Phi) is 7.94. The van der Waals surface area contributed by atoms with Gasteiger partial charge in [0.2, 0.25) is 0 Å². The van der Waals surface area contributed by atoms with Crippen LogP contribution in [0.5, 0.6) is 5.75 Å². The van der Waals surface area contributed by atoms with Crippen LogP contribution in [0.1, 0.15) is 82.4 Å². The number of alkyl halides is 3. The van der Waals surface area contributed by atoms with Crippen LogP contribution >= 0.6 is 0 Å². The molecule has 2 aromatic carbocycles. The lowest BCUT2D eigenvalue weighted by molar-refractivity contribution is -0.139. The summed E-state index contributed by atoms with van der Waals surface area (Å²) >= 11 is 0. The van der Waals surface area contributed by atoms with E-state index in [0.29, 0.717) is 17.8 Å². The first-order valence-corrected chi connectivity index (χ1v) is 12.9. The number of carboxylic acids is 1. The van der Waals surface area contributed by atoms with Gasteiger partial charge in [-0.1, -0.05) is 32.0 Å². The molecule has 1 heterocycles. The second-order valence-electron chi connectivity index (χ2n) is 10.4. The molecule has 1 aliphatic heterocycles. The van der Waals surface area contributed by atoms with Gasteiger partial charge in [0, 0.05) is 19.0 Å². The van der Waals surface area contributed by atoms with E-state index < -0.39 is 17.7 Å². The molecule has 7 heteroatoms. The largest absolute Gasteiger partial charge is 0.490 e. The first kappa shape index (κ1) is 25.8. The number of ether oxygens (including phenoxy) is 1. The average Bonchev–Trinajstić information content (AvgIpc) is 2.80. The summed E-state index contributed by atoms with van der Waals surface area (Å²) in [5.74, 6) is -0.152. The van der Waals surface area contributed by atoms with E-state index in [9.17, 15) is 23.1 Å². The molecule has 4 rings (SSSR count). The number of likely N-dealkylation sites (tertiary alicyclic amines) is 1. The van der Waals surface area contributed by atoms with Crippen LogP contribution in [0.25, 0.3) is 10.8 Å². The topological polar surface area (TPSA) is 49.8 Å². The molecular formula is C28H36F3NO3. The summed E-state index contributed by atoms with van der Waals surface area (Å²) in [6.07, 6.45) is 1.62. The Morgan fingerprint density at radius 3 is 2.54 bits per heavy atom. The van der Waals surface area contributed by atoms with Crippen molar-refractivity contribution < 1.29 is 27.8 Å². The number of fused-ring (bicyclic) bond motifs is 1. The van der Waals surface area contributed by atoms with Crippen molar-refractivity contribution in [1.29, 1.82) is 0 Å². The number of hydrogen-bond acceptors (Lipinski definition) is 3. The molecule has 0 amide bonds. The van der Waals surface area contributed by atoms with Crippen molar-refractivity contribution in [2.75, 3.05) is 13.1 Å². The van der Waals surface area contributed by atoms with Gasteiger partial charge in [-0.3, -0.25) is 9.69 Å². The fourth-order valence-electron chi connectivity index (χ4n) is 5.95. The van der Waals surface area contributed by atoms with Crippen molar-refractivity contribution in [2.24, 2.45) is 11.8 Å². The van der Waals surface area contributed by atoms with Gasteiger partial charge in [-0.15, -0.1) is 0 Å². The molecule has 0 spiro atoms. The van der Waals surface area contributed by atoms with Crippen molar-refractivity contribution in [3.63, 3.8) is 0 Å². The number of rotatable bonds is 7. The van der Waals surface area contributed by atoms with Gasteiger partial charge in [-0.2, -0.15) is 13.2 Å². The van der Waals surface area contributed by atoms with E-state index >= 15 is 0 Å². The van der Waals surface area contributed by atoms with Crippen molar-refractivity contribution in [2.45, 2.75) is 83.5 Å². The number of carbonyl (C=O) groups is 1. The van der Waals surface area contributed by atoms with Crippen LogP contribution < -0.4 is 4.74 Å². The van der Waals surface area contributed by atoms with Crippen molar-refractivity contribution in [3.8, 4) is 5.75 Å². The van der Waals surface area contributed by atoms with Crippen molar-refractivity contribution >= 4 is 16.7 Å².